The molecule has 2 rings (SSSR count). The van der Waals surface area contributed by atoms with Crippen molar-refractivity contribution in [3.8, 4) is 5.75 Å². The first-order valence-corrected chi connectivity index (χ1v) is 12.6. The summed E-state index contributed by atoms with van der Waals surface area (Å²) >= 11 is 0. The first kappa shape index (κ1) is 34.3. The van der Waals surface area contributed by atoms with Crippen molar-refractivity contribution in [1.29, 1.82) is 0 Å². The molecule has 0 bridgehead atoms. The zero-order valence-electron chi connectivity index (χ0n) is 24.2. The first-order valence-electron chi connectivity index (χ1n) is 12.6. The summed E-state index contributed by atoms with van der Waals surface area (Å²) < 4.78 is 94.6. The standard InChI is InChI=1S/C29H33F6NO6/c1-18(11-12-36(24(37)40-26(2,3)4)42-25(38)41-27(5,6)7)20-10-8-9-19(13-20)17-39-23-15-21(28(30,31)32)14-22(16-23)29(33,34)35/h8-11,13-16H,12,17H2,1-7H3/b18-11+. The molecular weight excluding hydrogens is 572 g/mol. The van der Waals surface area contributed by atoms with Gasteiger partial charge in [0.05, 0.1) is 17.7 Å². The third kappa shape index (κ3) is 11.5. The second kappa shape index (κ2) is 13.0. The third-order valence-corrected chi connectivity index (χ3v) is 5.08. The lowest BCUT2D eigenvalue weighted by Crippen LogP contribution is -2.39. The molecule has 0 fully saturated rings. The fourth-order valence-corrected chi connectivity index (χ4v) is 3.24. The fourth-order valence-electron chi connectivity index (χ4n) is 3.24. The normalized spacial score (nSPS) is 12.9. The molecular formula is C29H33F6NO6. The van der Waals surface area contributed by atoms with Gasteiger partial charge in [-0.2, -0.15) is 26.3 Å². The highest BCUT2D eigenvalue weighted by Crippen LogP contribution is 2.38. The summed E-state index contributed by atoms with van der Waals surface area (Å²) in [5.74, 6) is -0.595. The number of rotatable bonds is 6. The van der Waals surface area contributed by atoms with Gasteiger partial charge in [-0.3, -0.25) is 4.84 Å². The number of nitrogens with zero attached hydrogens (tertiary/aromatic N) is 1. The number of benzene rings is 2. The van der Waals surface area contributed by atoms with E-state index >= 15 is 0 Å². The van der Waals surface area contributed by atoms with E-state index in [1.165, 1.54) is 0 Å². The van der Waals surface area contributed by atoms with Crippen molar-refractivity contribution in [1.82, 2.24) is 5.06 Å². The van der Waals surface area contributed by atoms with Gasteiger partial charge in [0, 0.05) is 0 Å². The van der Waals surface area contributed by atoms with Crippen molar-refractivity contribution in [2.45, 2.75) is 78.6 Å². The number of hydrogen-bond donors (Lipinski definition) is 0. The molecule has 0 heterocycles. The molecule has 0 aliphatic carbocycles. The van der Waals surface area contributed by atoms with E-state index in [9.17, 15) is 35.9 Å². The molecule has 0 unspecified atom stereocenters. The zero-order chi connectivity index (χ0) is 32.1. The van der Waals surface area contributed by atoms with E-state index in [1.807, 2.05) is 0 Å². The van der Waals surface area contributed by atoms with Crippen molar-refractivity contribution in [3.63, 3.8) is 0 Å². The summed E-state index contributed by atoms with van der Waals surface area (Å²) in [5, 5.41) is 0.682. The van der Waals surface area contributed by atoms with Crippen LogP contribution in [-0.4, -0.2) is 35.1 Å². The summed E-state index contributed by atoms with van der Waals surface area (Å²) in [6, 6.07) is 7.51. The molecule has 1 amide bonds. The second-order valence-electron chi connectivity index (χ2n) is 11.2. The van der Waals surface area contributed by atoms with Gasteiger partial charge in [0.1, 0.15) is 23.6 Å². The van der Waals surface area contributed by atoms with Crippen LogP contribution in [-0.2, 0) is 33.3 Å². The summed E-state index contributed by atoms with van der Waals surface area (Å²) in [4.78, 5) is 29.9. The predicted molar refractivity (Wildman–Crippen MR) is 141 cm³/mol. The van der Waals surface area contributed by atoms with E-state index in [-0.39, 0.29) is 19.2 Å². The van der Waals surface area contributed by atoms with Crippen LogP contribution in [0.1, 0.15) is 70.7 Å². The van der Waals surface area contributed by atoms with Gasteiger partial charge in [0.2, 0.25) is 0 Å². The number of hydroxylamine groups is 2. The van der Waals surface area contributed by atoms with Gasteiger partial charge in [0.15, 0.2) is 0 Å². The number of carbonyl (C=O) groups is 2. The van der Waals surface area contributed by atoms with Crippen LogP contribution >= 0.6 is 0 Å². The largest absolute Gasteiger partial charge is 0.534 e. The number of ether oxygens (including phenoxy) is 3. The molecule has 0 radical (unpaired) electrons. The maximum Gasteiger partial charge on any atom is 0.534 e. The first-order chi connectivity index (χ1) is 19.0. The Bertz CT molecular complexity index is 1260. The van der Waals surface area contributed by atoms with E-state index in [4.69, 9.17) is 19.0 Å². The Balaban J connectivity index is 2.23. The highest BCUT2D eigenvalue weighted by atomic mass is 19.4. The minimum absolute atomic E-state index is 0.0226. The molecule has 232 valence electrons. The molecule has 2 aromatic carbocycles. The van der Waals surface area contributed by atoms with Crippen LogP contribution in [0.25, 0.3) is 5.57 Å². The van der Waals surface area contributed by atoms with Crippen LogP contribution in [0.15, 0.2) is 48.5 Å². The van der Waals surface area contributed by atoms with Crippen molar-refractivity contribution in [3.05, 3.63) is 70.8 Å². The van der Waals surface area contributed by atoms with Crippen LogP contribution in [0.4, 0.5) is 35.9 Å². The minimum atomic E-state index is -5.00. The highest BCUT2D eigenvalue weighted by Gasteiger charge is 2.37. The molecule has 0 saturated carbocycles. The van der Waals surface area contributed by atoms with Gasteiger partial charge in [0.25, 0.3) is 0 Å². The molecule has 7 nitrogen and oxygen atoms in total. The fraction of sp³-hybridized carbons (Fsp3) is 0.448. The third-order valence-electron chi connectivity index (χ3n) is 5.08. The predicted octanol–water partition coefficient (Wildman–Crippen LogP) is 8.81. The molecule has 0 aliphatic rings. The smallest absolute Gasteiger partial charge is 0.489 e. The SMILES string of the molecule is C/C(=C\CN(OC(=O)OC(C)(C)C)C(=O)OC(C)(C)C)c1cccc(COc2cc(C(F)(F)F)cc(C(F)(F)F)c2)c1. The van der Waals surface area contributed by atoms with E-state index in [0.29, 0.717) is 33.9 Å². The number of allylic oxidation sites excluding steroid dienone is 1. The topological polar surface area (TPSA) is 74.3 Å². The Labute approximate surface area is 239 Å². The Morgan fingerprint density at radius 2 is 1.36 bits per heavy atom. The zero-order valence-corrected chi connectivity index (χ0v) is 24.2. The highest BCUT2D eigenvalue weighted by molar-refractivity contribution is 5.71. The van der Waals surface area contributed by atoms with Gasteiger partial charge in [-0.05, 0) is 89.4 Å². The number of hydrogen-bond acceptors (Lipinski definition) is 6. The van der Waals surface area contributed by atoms with Crippen LogP contribution in [0.3, 0.4) is 0 Å². The van der Waals surface area contributed by atoms with Crippen LogP contribution in [0.2, 0.25) is 0 Å². The lowest BCUT2D eigenvalue weighted by Gasteiger charge is -2.26. The molecule has 13 heteroatoms. The monoisotopic (exact) mass is 605 g/mol. The van der Waals surface area contributed by atoms with Crippen LogP contribution in [0, 0.1) is 0 Å². The number of halogens is 6. The molecule has 2 aromatic rings. The summed E-state index contributed by atoms with van der Waals surface area (Å²) in [5.41, 5.74) is -3.10. The summed E-state index contributed by atoms with van der Waals surface area (Å²) in [6.07, 6.45) is -10.5. The maximum absolute atomic E-state index is 13.1. The van der Waals surface area contributed by atoms with E-state index in [0.717, 1.165) is 0 Å². The molecule has 42 heavy (non-hydrogen) atoms. The Kier molecular flexibility index (Phi) is 10.6. The van der Waals surface area contributed by atoms with Gasteiger partial charge in [-0.25, -0.2) is 9.59 Å². The summed E-state index contributed by atoms with van der Waals surface area (Å²) in [6.45, 7) is 10.9. The molecule has 0 aromatic heterocycles. The van der Waals surface area contributed by atoms with E-state index in [2.05, 4.69) is 0 Å². The average Bonchev–Trinajstić information content (AvgIpc) is 2.81. The lowest BCUT2D eigenvalue weighted by atomic mass is 10.0. The second-order valence-corrected chi connectivity index (χ2v) is 11.2. The molecule has 0 saturated heterocycles. The lowest BCUT2D eigenvalue weighted by molar-refractivity contribution is -0.143. The Hall–Kier alpha value is -3.90. The Morgan fingerprint density at radius 1 is 0.810 bits per heavy atom. The van der Waals surface area contributed by atoms with Crippen molar-refractivity contribution < 1.29 is 55.0 Å². The van der Waals surface area contributed by atoms with Crippen molar-refractivity contribution in [2.75, 3.05) is 6.54 Å². The number of carbonyl (C=O) groups excluding carboxylic acids is 2. The molecule has 0 aliphatic heterocycles. The van der Waals surface area contributed by atoms with Gasteiger partial charge < -0.3 is 14.2 Å². The average molecular weight is 606 g/mol. The van der Waals surface area contributed by atoms with Gasteiger partial charge in [-0.1, -0.05) is 24.3 Å². The molecule has 0 spiro atoms. The van der Waals surface area contributed by atoms with Crippen molar-refractivity contribution in [2.24, 2.45) is 0 Å². The Morgan fingerprint density at radius 3 is 1.86 bits per heavy atom. The van der Waals surface area contributed by atoms with Crippen LogP contribution < -0.4 is 4.74 Å². The number of amides is 1. The van der Waals surface area contributed by atoms with Crippen LogP contribution in [0.5, 0.6) is 5.75 Å². The van der Waals surface area contributed by atoms with Gasteiger partial charge in [-0.15, -0.1) is 5.06 Å². The van der Waals surface area contributed by atoms with Crippen molar-refractivity contribution >= 4 is 17.8 Å². The summed E-state index contributed by atoms with van der Waals surface area (Å²) in [7, 11) is 0. The maximum atomic E-state index is 13.1. The molecule has 0 N–H and O–H groups in total. The van der Waals surface area contributed by atoms with E-state index < -0.39 is 52.7 Å². The minimum Gasteiger partial charge on any atom is -0.489 e. The molecule has 0 atom stereocenters. The number of alkyl halides is 6. The van der Waals surface area contributed by atoms with Gasteiger partial charge >= 0.3 is 24.6 Å². The quantitative estimate of drug-likeness (QED) is 0.186. The van der Waals surface area contributed by atoms with E-state index in [1.54, 1.807) is 78.8 Å².